The number of hydrogen-bond donors (Lipinski definition) is 3. The molecular formula is C13H11F2N3O. The lowest BCUT2D eigenvalue weighted by atomic mass is 10.1. The van der Waals surface area contributed by atoms with Crippen molar-refractivity contribution in [2.24, 2.45) is 0 Å². The third-order valence-corrected chi connectivity index (χ3v) is 2.44. The third kappa shape index (κ3) is 2.98. The number of benzene rings is 2. The summed E-state index contributed by atoms with van der Waals surface area (Å²) in [7, 11) is 0. The fourth-order valence-electron chi connectivity index (χ4n) is 1.51. The van der Waals surface area contributed by atoms with Crippen LogP contribution in [0.4, 0.5) is 20.2 Å². The maximum Gasteiger partial charge on any atom is 0.274 e. The van der Waals surface area contributed by atoms with Gasteiger partial charge in [-0.15, -0.1) is 0 Å². The van der Waals surface area contributed by atoms with Gasteiger partial charge in [0.05, 0.1) is 11.3 Å². The Labute approximate surface area is 108 Å². The zero-order valence-corrected chi connectivity index (χ0v) is 9.78. The number of nitrogens with one attached hydrogen (secondary N) is 2. The van der Waals surface area contributed by atoms with E-state index in [1.807, 2.05) is 0 Å². The minimum Gasteiger partial charge on any atom is -0.398 e. The molecule has 0 unspecified atom stereocenters. The Morgan fingerprint density at radius 1 is 1.05 bits per heavy atom. The van der Waals surface area contributed by atoms with Crippen LogP contribution in [0, 0.1) is 11.6 Å². The van der Waals surface area contributed by atoms with Gasteiger partial charge in [-0.05, 0) is 36.4 Å². The highest BCUT2D eigenvalue weighted by atomic mass is 19.1. The molecule has 6 heteroatoms. The molecule has 0 aliphatic carbocycles. The van der Waals surface area contributed by atoms with Crippen molar-refractivity contribution in [3.05, 3.63) is 59.7 Å². The molecule has 0 saturated carbocycles. The maximum atomic E-state index is 13.5. The molecule has 2 aromatic carbocycles. The number of anilines is 2. The van der Waals surface area contributed by atoms with Crippen molar-refractivity contribution in [3.63, 3.8) is 0 Å². The van der Waals surface area contributed by atoms with Gasteiger partial charge in [-0.3, -0.25) is 15.6 Å². The Morgan fingerprint density at radius 3 is 2.37 bits per heavy atom. The third-order valence-electron chi connectivity index (χ3n) is 2.44. The summed E-state index contributed by atoms with van der Waals surface area (Å²) >= 11 is 0. The molecule has 0 fully saturated rings. The second kappa shape index (κ2) is 5.34. The van der Waals surface area contributed by atoms with Crippen molar-refractivity contribution < 1.29 is 13.6 Å². The summed E-state index contributed by atoms with van der Waals surface area (Å²) in [6.07, 6.45) is 0. The van der Waals surface area contributed by atoms with Crippen LogP contribution in [0.3, 0.4) is 0 Å². The minimum absolute atomic E-state index is 0.0402. The maximum absolute atomic E-state index is 13.5. The van der Waals surface area contributed by atoms with Gasteiger partial charge in [0.25, 0.3) is 5.91 Å². The summed E-state index contributed by atoms with van der Waals surface area (Å²) in [5, 5.41) is 0. The molecule has 0 heterocycles. The predicted octanol–water partition coefficient (Wildman–Crippen LogP) is 2.30. The first-order valence-electron chi connectivity index (χ1n) is 5.44. The molecule has 98 valence electrons. The van der Waals surface area contributed by atoms with E-state index in [4.69, 9.17) is 5.73 Å². The zero-order chi connectivity index (χ0) is 13.8. The van der Waals surface area contributed by atoms with Gasteiger partial charge in [-0.25, -0.2) is 8.78 Å². The summed E-state index contributed by atoms with van der Waals surface area (Å²) in [5.74, 6) is -1.81. The van der Waals surface area contributed by atoms with Crippen LogP contribution in [-0.4, -0.2) is 5.91 Å². The Balaban J connectivity index is 2.07. The van der Waals surface area contributed by atoms with Crippen LogP contribution < -0.4 is 16.6 Å². The largest absolute Gasteiger partial charge is 0.398 e. The van der Waals surface area contributed by atoms with Gasteiger partial charge in [0.15, 0.2) is 0 Å². The Bertz CT molecular complexity index is 579. The van der Waals surface area contributed by atoms with Crippen LogP contribution in [0.5, 0.6) is 0 Å². The van der Waals surface area contributed by atoms with Crippen molar-refractivity contribution >= 4 is 17.3 Å². The molecular weight excluding hydrogens is 252 g/mol. The van der Waals surface area contributed by atoms with Gasteiger partial charge in [0.2, 0.25) is 0 Å². The zero-order valence-electron chi connectivity index (χ0n) is 9.78. The van der Waals surface area contributed by atoms with Crippen molar-refractivity contribution in [2.75, 3.05) is 11.2 Å². The fraction of sp³-hybridized carbons (Fsp3) is 0. The summed E-state index contributed by atoms with van der Waals surface area (Å²) < 4.78 is 26.1. The molecule has 0 atom stereocenters. The first kappa shape index (κ1) is 12.8. The van der Waals surface area contributed by atoms with E-state index in [2.05, 4.69) is 10.9 Å². The SMILES string of the molecule is Nc1cccc(F)c1C(=O)NNc1ccc(F)cc1. The van der Waals surface area contributed by atoms with E-state index in [1.165, 1.54) is 36.4 Å². The van der Waals surface area contributed by atoms with Crippen molar-refractivity contribution in [1.82, 2.24) is 5.43 Å². The van der Waals surface area contributed by atoms with Crippen LogP contribution >= 0.6 is 0 Å². The number of carbonyl (C=O) groups is 1. The van der Waals surface area contributed by atoms with Crippen molar-refractivity contribution in [3.8, 4) is 0 Å². The van der Waals surface area contributed by atoms with E-state index in [9.17, 15) is 13.6 Å². The van der Waals surface area contributed by atoms with E-state index in [0.29, 0.717) is 5.69 Å². The molecule has 0 aliphatic rings. The van der Waals surface area contributed by atoms with Crippen LogP contribution in [-0.2, 0) is 0 Å². The van der Waals surface area contributed by atoms with Crippen LogP contribution in [0.25, 0.3) is 0 Å². The van der Waals surface area contributed by atoms with E-state index >= 15 is 0 Å². The van der Waals surface area contributed by atoms with Gasteiger partial charge in [0.1, 0.15) is 11.6 Å². The standard InChI is InChI=1S/C13H11F2N3O/c14-8-4-6-9(7-5-8)17-18-13(19)12-10(15)2-1-3-11(12)16/h1-7,17H,16H2,(H,18,19). The average Bonchev–Trinajstić information content (AvgIpc) is 2.38. The molecule has 19 heavy (non-hydrogen) atoms. The number of rotatable bonds is 3. The Hall–Kier alpha value is -2.63. The second-order valence-electron chi connectivity index (χ2n) is 3.79. The Morgan fingerprint density at radius 2 is 1.74 bits per heavy atom. The molecule has 0 spiro atoms. The molecule has 0 bridgehead atoms. The lowest BCUT2D eigenvalue weighted by Gasteiger charge is -2.10. The second-order valence-corrected chi connectivity index (χ2v) is 3.79. The number of amides is 1. The molecule has 0 radical (unpaired) electrons. The highest BCUT2D eigenvalue weighted by Crippen LogP contribution is 2.15. The quantitative estimate of drug-likeness (QED) is 0.588. The summed E-state index contributed by atoms with van der Waals surface area (Å²) in [4.78, 5) is 11.8. The summed E-state index contributed by atoms with van der Waals surface area (Å²) in [6, 6.07) is 9.30. The highest BCUT2D eigenvalue weighted by molar-refractivity contribution is 5.99. The summed E-state index contributed by atoms with van der Waals surface area (Å²) in [5.41, 5.74) is 10.6. The van der Waals surface area contributed by atoms with Crippen molar-refractivity contribution in [1.29, 1.82) is 0 Å². The minimum atomic E-state index is -0.710. The van der Waals surface area contributed by atoms with Gasteiger partial charge >= 0.3 is 0 Å². The van der Waals surface area contributed by atoms with Crippen LogP contribution in [0.1, 0.15) is 10.4 Å². The number of hydrazine groups is 1. The number of nitrogens with two attached hydrogens (primary N) is 1. The van der Waals surface area contributed by atoms with E-state index in [-0.39, 0.29) is 11.3 Å². The van der Waals surface area contributed by atoms with Crippen LogP contribution in [0.15, 0.2) is 42.5 Å². The van der Waals surface area contributed by atoms with Crippen molar-refractivity contribution in [2.45, 2.75) is 0 Å². The fourth-order valence-corrected chi connectivity index (χ4v) is 1.51. The molecule has 1 amide bonds. The lowest BCUT2D eigenvalue weighted by molar-refractivity contribution is 0.0959. The molecule has 4 N–H and O–H groups in total. The first-order chi connectivity index (χ1) is 9.08. The first-order valence-corrected chi connectivity index (χ1v) is 5.44. The topological polar surface area (TPSA) is 67.2 Å². The van der Waals surface area contributed by atoms with Gasteiger partial charge < -0.3 is 5.73 Å². The molecule has 2 aromatic rings. The average molecular weight is 263 g/mol. The van der Waals surface area contributed by atoms with Gasteiger partial charge in [0, 0.05) is 5.69 Å². The number of halogens is 2. The monoisotopic (exact) mass is 263 g/mol. The smallest absolute Gasteiger partial charge is 0.274 e. The number of hydrogen-bond acceptors (Lipinski definition) is 3. The number of carbonyl (C=O) groups excluding carboxylic acids is 1. The molecule has 0 saturated heterocycles. The molecule has 0 aliphatic heterocycles. The van der Waals surface area contributed by atoms with Gasteiger partial charge in [-0.2, -0.15) is 0 Å². The predicted molar refractivity (Wildman–Crippen MR) is 68.3 cm³/mol. The molecule has 4 nitrogen and oxygen atoms in total. The van der Waals surface area contributed by atoms with Gasteiger partial charge in [-0.1, -0.05) is 6.07 Å². The molecule has 0 aromatic heterocycles. The lowest BCUT2D eigenvalue weighted by Crippen LogP contribution is -2.30. The summed E-state index contributed by atoms with van der Waals surface area (Å²) in [6.45, 7) is 0. The van der Waals surface area contributed by atoms with E-state index in [1.54, 1.807) is 0 Å². The normalized spacial score (nSPS) is 10.0. The number of nitrogen functional groups attached to an aromatic ring is 1. The Kier molecular flexibility index (Phi) is 3.61. The molecule has 2 rings (SSSR count). The van der Waals surface area contributed by atoms with E-state index < -0.39 is 17.5 Å². The van der Waals surface area contributed by atoms with Crippen LogP contribution in [0.2, 0.25) is 0 Å². The highest BCUT2D eigenvalue weighted by Gasteiger charge is 2.14. The van der Waals surface area contributed by atoms with E-state index in [0.717, 1.165) is 6.07 Å².